The predicted molar refractivity (Wildman–Crippen MR) is 107 cm³/mol. The lowest BCUT2D eigenvalue weighted by molar-refractivity contribution is -0.139. The smallest absolute Gasteiger partial charge is 0.339 e. The quantitative estimate of drug-likeness (QED) is 0.691. The molecule has 5 rings (SSSR count). The highest BCUT2D eigenvalue weighted by atomic mass is 16.5. The lowest BCUT2D eigenvalue weighted by Gasteiger charge is -2.29. The van der Waals surface area contributed by atoms with Crippen LogP contribution in [0.3, 0.4) is 0 Å². The van der Waals surface area contributed by atoms with E-state index in [1.807, 2.05) is 19.1 Å². The summed E-state index contributed by atoms with van der Waals surface area (Å²) in [6.07, 6.45) is 4.43. The van der Waals surface area contributed by atoms with Crippen LogP contribution in [-0.4, -0.2) is 33.4 Å². The number of rotatable bonds is 3. The number of imidazole rings is 1. The van der Waals surface area contributed by atoms with Crippen LogP contribution < -0.4 is 10.4 Å². The lowest BCUT2D eigenvalue weighted by atomic mass is 10.0. The molecule has 0 saturated heterocycles. The topological polar surface area (TPSA) is 88.4 Å². The SMILES string of the molecule is Cc1c(OC(C)C(=O)N2CCc3nc[nH]c3C2)ccc2c3c(c(=O)oc12)CCC3. The number of fused-ring (bicyclic) bond motifs is 4. The normalized spacial score (nSPS) is 16.6. The van der Waals surface area contributed by atoms with E-state index >= 15 is 0 Å². The summed E-state index contributed by atoms with van der Waals surface area (Å²) in [5.41, 5.74) is 4.97. The van der Waals surface area contributed by atoms with E-state index in [0.29, 0.717) is 24.4 Å². The number of carbonyl (C=O) groups is 1. The summed E-state index contributed by atoms with van der Waals surface area (Å²) >= 11 is 0. The molecule has 0 fully saturated rings. The summed E-state index contributed by atoms with van der Waals surface area (Å²) in [5.74, 6) is 0.499. The fourth-order valence-corrected chi connectivity index (χ4v) is 4.49. The van der Waals surface area contributed by atoms with Crippen LogP contribution in [0.5, 0.6) is 5.75 Å². The molecule has 0 spiro atoms. The fraction of sp³-hybridized carbons (Fsp3) is 0.409. The van der Waals surface area contributed by atoms with Gasteiger partial charge >= 0.3 is 5.63 Å². The third-order valence-corrected chi connectivity index (χ3v) is 6.08. The summed E-state index contributed by atoms with van der Waals surface area (Å²) in [5, 5.41) is 0.976. The Labute approximate surface area is 167 Å². The van der Waals surface area contributed by atoms with Crippen LogP contribution in [0.15, 0.2) is 27.7 Å². The highest BCUT2D eigenvalue weighted by molar-refractivity contribution is 5.87. The number of hydrogen-bond donors (Lipinski definition) is 1. The van der Waals surface area contributed by atoms with Gasteiger partial charge in [0, 0.05) is 29.5 Å². The van der Waals surface area contributed by atoms with Crippen LogP contribution in [0.1, 0.15) is 41.4 Å². The van der Waals surface area contributed by atoms with Crippen LogP contribution in [-0.2, 0) is 30.6 Å². The molecule has 29 heavy (non-hydrogen) atoms. The number of hydrogen-bond acceptors (Lipinski definition) is 5. The number of aryl methyl sites for hydroxylation is 2. The minimum Gasteiger partial charge on any atom is -0.480 e. The molecule has 3 heterocycles. The third-order valence-electron chi connectivity index (χ3n) is 6.08. The van der Waals surface area contributed by atoms with Crippen molar-refractivity contribution in [3.63, 3.8) is 0 Å². The van der Waals surface area contributed by atoms with E-state index in [-0.39, 0.29) is 11.5 Å². The van der Waals surface area contributed by atoms with Crippen LogP contribution >= 0.6 is 0 Å². The van der Waals surface area contributed by atoms with Crippen LogP contribution in [0, 0.1) is 6.92 Å². The number of nitrogens with zero attached hydrogens (tertiary/aromatic N) is 2. The second-order valence-corrected chi connectivity index (χ2v) is 7.86. The Morgan fingerprint density at radius 1 is 1.28 bits per heavy atom. The average molecular weight is 393 g/mol. The van der Waals surface area contributed by atoms with Crippen molar-refractivity contribution in [2.24, 2.45) is 0 Å². The number of H-pyrrole nitrogens is 1. The summed E-state index contributed by atoms with van der Waals surface area (Å²) in [7, 11) is 0. The molecule has 150 valence electrons. The second-order valence-electron chi connectivity index (χ2n) is 7.86. The Bertz CT molecular complexity index is 1180. The van der Waals surface area contributed by atoms with Crippen molar-refractivity contribution in [1.82, 2.24) is 14.9 Å². The van der Waals surface area contributed by atoms with Crippen molar-refractivity contribution in [3.05, 3.63) is 57.0 Å². The zero-order valence-electron chi connectivity index (χ0n) is 16.6. The van der Waals surface area contributed by atoms with E-state index < -0.39 is 6.10 Å². The number of aromatic amines is 1. The molecule has 7 heteroatoms. The maximum atomic E-state index is 12.9. The molecule has 1 unspecified atom stereocenters. The number of nitrogens with one attached hydrogen (secondary N) is 1. The maximum absolute atomic E-state index is 12.9. The van der Waals surface area contributed by atoms with Gasteiger partial charge in [0.05, 0.1) is 24.3 Å². The Balaban J connectivity index is 1.40. The molecule has 1 aliphatic heterocycles. The van der Waals surface area contributed by atoms with Gasteiger partial charge in [-0.05, 0) is 50.8 Å². The predicted octanol–water partition coefficient (Wildman–Crippen LogP) is 2.67. The molecule has 3 aromatic rings. The lowest BCUT2D eigenvalue weighted by Crippen LogP contribution is -2.43. The third kappa shape index (κ3) is 2.92. The summed E-state index contributed by atoms with van der Waals surface area (Å²) < 4.78 is 11.6. The zero-order chi connectivity index (χ0) is 20.1. The van der Waals surface area contributed by atoms with Gasteiger partial charge in [0.15, 0.2) is 6.10 Å². The molecule has 0 saturated carbocycles. The van der Waals surface area contributed by atoms with E-state index in [2.05, 4.69) is 9.97 Å². The number of aromatic nitrogens is 2. The molecule has 1 atom stereocenters. The number of ether oxygens (including phenoxy) is 1. The average Bonchev–Trinajstić information content (AvgIpc) is 3.39. The van der Waals surface area contributed by atoms with Gasteiger partial charge < -0.3 is 19.0 Å². The van der Waals surface area contributed by atoms with Gasteiger partial charge in [-0.1, -0.05) is 0 Å². The molecular weight excluding hydrogens is 370 g/mol. The van der Waals surface area contributed by atoms with Crippen LogP contribution in [0.2, 0.25) is 0 Å². The first kappa shape index (κ1) is 18.0. The first-order valence-corrected chi connectivity index (χ1v) is 10.1. The largest absolute Gasteiger partial charge is 0.480 e. The van der Waals surface area contributed by atoms with Crippen molar-refractivity contribution in [1.29, 1.82) is 0 Å². The Morgan fingerprint density at radius 2 is 2.10 bits per heavy atom. The summed E-state index contributed by atoms with van der Waals surface area (Å²) in [4.78, 5) is 34.4. The van der Waals surface area contributed by atoms with Gasteiger partial charge in [-0.2, -0.15) is 0 Å². The highest BCUT2D eigenvalue weighted by Gasteiger charge is 2.28. The van der Waals surface area contributed by atoms with E-state index in [0.717, 1.165) is 59.1 Å². The second kappa shape index (κ2) is 6.76. The summed E-state index contributed by atoms with van der Waals surface area (Å²) in [6.45, 7) is 4.77. The molecular formula is C22H23N3O4. The molecule has 0 radical (unpaired) electrons. The molecule has 1 aromatic carbocycles. The standard InChI is InChI=1S/C22H23N3O4/c1-12-19(7-6-15-14-4-3-5-16(14)22(27)29-20(12)15)28-13(2)21(26)25-9-8-17-18(10-25)24-11-23-17/h6-7,11,13H,3-5,8-10H2,1-2H3,(H,23,24). The van der Waals surface area contributed by atoms with Crippen LogP contribution in [0.4, 0.5) is 0 Å². The molecule has 2 aliphatic rings. The van der Waals surface area contributed by atoms with E-state index in [9.17, 15) is 9.59 Å². The fourth-order valence-electron chi connectivity index (χ4n) is 4.49. The van der Waals surface area contributed by atoms with Crippen molar-refractivity contribution in [2.75, 3.05) is 6.54 Å². The van der Waals surface area contributed by atoms with Crippen molar-refractivity contribution < 1.29 is 13.9 Å². The Kier molecular flexibility index (Phi) is 4.19. The van der Waals surface area contributed by atoms with E-state index in [4.69, 9.17) is 9.15 Å². The minimum atomic E-state index is -0.642. The molecule has 1 N–H and O–H groups in total. The molecule has 0 bridgehead atoms. The maximum Gasteiger partial charge on any atom is 0.339 e. The van der Waals surface area contributed by atoms with Gasteiger partial charge in [-0.15, -0.1) is 0 Å². The van der Waals surface area contributed by atoms with Gasteiger partial charge in [-0.3, -0.25) is 4.79 Å². The van der Waals surface area contributed by atoms with E-state index in [1.54, 1.807) is 18.2 Å². The monoisotopic (exact) mass is 393 g/mol. The number of carbonyl (C=O) groups excluding carboxylic acids is 1. The Hall–Kier alpha value is -3.09. The Morgan fingerprint density at radius 3 is 2.97 bits per heavy atom. The summed E-state index contributed by atoms with van der Waals surface area (Å²) in [6, 6.07) is 3.82. The number of benzene rings is 1. The van der Waals surface area contributed by atoms with Gasteiger partial charge in [-0.25, -0.2) is 9.78 Å². The number of amides is 1. The van der Waals surface area contributed by atoms with Crippen LogP contribution in [0.25, 0.3) is 11.0 Å². The molecule has 1 amide bonds. The van der Waals surface area contributed by atoms with Gasteiger partial charge in [0.25, 0.3) is 5.91 Å². The molecule has 7 nitrogen and oxygen atoms in total. The molecule has 2 aromatic heterocycles. The van der Waals surface area contributed by atoms with Gasteiger partial charge in [0.2, 0.25) is 0 Å². The molecule has 1 aliphatic carbocycles. The van der Waals surface area contributed by atoms with Crippen molar-refractivity contribution in [2.45, 2.75) is 52.2 Å². The van der Waals surface area contributed by atoms with Crippen molar-refractivity contribution >= 4 is 16.9 Å². The van der Waals surface area contributed by atoms with E-state index in [1.165, 1.54) is 0 Å². The highest BCUT2D eigenvalue weighted by Crippen LogP contribution is 2.33. The first-order valence-electron chi connectivity index (χ1n) is 10.1. The minimum absolute atomic E-state index is 0.0693. The zero-order valence-corrected chi connectivity index (χ0v) is 16.6. The van der Waals surface area contributed by atoms with Crippen molar-refractivity contribution in [3.8, 4) is 5.75 Å². The van der Waals surface area contributed by atoms with Gasteiger partial charge in [0.1, 0.15) is 11.3 Å². The first-order chi connectivity index (χ1) is 14.0.